The molecule has 1 atom stereocenters. The van der Waals surface area contributed by atoms with Gasteiger partial charge in [-0.05, 0) is 61.6 Å². The van der Waals surface area contributed by atoms with Crippen molar-refractivity contribution in [3.8, 4) is 22.6 Å². The molecule has 1 N–H and O–H groups in total. The van der Waals surface area contributed by atoms with Gasteiger partial charge in [-0.2, -0.15) is 11.8 Å². The van der Waals surface area contributed by atoms with E-state index in [4.69, 9.17) is 9.97 Å². The molecule has 5 nitrogen and oxygen atoms in total. The van der Waals surface area contributed by atoms with Gasteiger partial charge in [0.1, 0.15) is 11.6 Å². The number of aromatic nitrogens is 4. The van der Waals surface area contributed by atoms with Crippen molar-refractivity contribution in [3.05, 3.63) is 84.1 Å². The van der Waals surface area contributed by atoms with Gasteiger partial charge in [-0.15, -0.1) is 0 Å². The number of hydrogen-bond donors (Lipinski definition) is 1. The van der Waals surface area contributed by atoms with Crippen LogP contribution in [0.15, 0.2) is 66.9 Å². The van der Waals surface area contributed by atoms with E-state index in [9.17, 15) is 4.39 Å². The Kier molecular flexibility index (Phi) is 6.25. The van der Waals surface area contributed by atoms with E-state index in [2.05, 4.69) is 45.2 Å². The predicted molar refractivity (Wildman–Crippen MR) is 140 cm³/mol. The first-order valence-electron chi connectivity index (χ1n) is 12.3. The van der Waals surface area contributed by atoms with Crippen molar-refractivity contribution in [2.75, 3.05) is 11.1 Å². The molecule has 1 aliphatic heterocycles. The number of halogens is 1. The van der Waals surface area contributed by atoms with Crippen LogP contribution in [0.4, 0.5) is 10.3 Å². The first-order chi connectivity index (χ1) is 17.2. The van der Waals surface area contributed by atoms with Crippen molar-refractivity contribution in [1.82, 2.24) is 19.5 Å². The van der Waals surface area contributed by atoms with Crippen molar-refractivity contribution >= 4 is 17.7 Å². The zero-order valence-corrected chi connectivity index (χ0v) is 20.3. The lowest BCUT2D eigenvalue weighted by Gasteiger charge is -2.26. The Balaban J connectivity index is 1.34. The predicted octanol–water partition coefficient (Wildman–Crippen LogP) is 6.53. The van der Waals surface area contributed by atoms with E-state index in [0.29, 0.717) is 18.0 Å². The molecule has 35 heavy (non-hydrogen) atoms. The second-order valence-electron chi connectivity index (χ2n) is 9.33. The van der Waals surface area contributed by atoms with E-state index < -0.39 is 0 Å². The molecule has 1 fully saturated rings. The highest BCUT2D eigenvalue weighted by atomic mass is 32.2. The van der Waals surface area contributed by atoms with Gasteiger partial charge in [-0.1, -0.05) is 30.3 Å². The van der Waals surface area contributed by atoms with Crippen LogP contribution in [0.25, 0.3) is 22.6 Å². The van der Waals surface area contributed by atoms with Crippen LogP contribution in [0, 0.1) is 5.82 Å². The lowest BCUT2D eigenvalue weighted by molar-refractivity contribution is 0.443. The molecule has 178 valence electrons. The van der Waals surface area contributed by atoms with E-state index in [0.717, 1.165) is 65.7 Å². The number of fused-ring (bicyclic) bond motifs is 1. The maximum Gasteiger partial charge on any atom is 0.223 e. The van der Waals surface area contributed by atoms with Crippen LogP contribution < -0.4 is 5.32 Å². The number of aryl methyl sites for hydroxylation is 1. The van der Waals surface area contributed by atoms with Gasteiger partial charge in [-0.3, -0.25) is 0 Å². The Morgan fingerprint density at radius 1 is 0.971 bits per heavy atom. The summed E-state index contributed by atoms with van der Waals surface area (Å²) in [5.41, 5.74) is 4.99. The molecule has 2 aliphatic rings. The zero-order valence-electron chi connectivity index (χ0n) is 19.5. The highest BCUT2D eigenvalue weighted by Gasteiger charge is 2.31. The molecule has 0 bridgehead atoms. The highest BCUT2D eigenvalue weighted by Crippen LogP contribution is 2.40. The summed E-state index contributed by atoms with van der Waals surface area (Å²) in [5, 5.41) is 3.47. The minimum Gasteiger partial charge on any atom is -0.351 e. The molecule has 4 aromatic rings. The molecule has 2 aromatic carbocycles. The molecule has 1 saturated carbocycles. The fourth-order valence-corrected chi connectivity index (χ4v) is 6.00. The first-order valence-corrected chi connectivity index (χ1v) is 13.5. The van der Waals surface area contributed by atoms with Crippen LogP contribution in [0.3, 0.4) is 0 Å². The zero-order chi connectivity index (χ0) is 23.6. The fourth-order valence-electron chi connectivity index (χ4n) is 4.87. The van der Waals surface area contributed by atoms with E-state index >= 15 is 0 Å². The van der Waals surface area contributed by atoms with Crippen molar-refractivity contribution in [3.63, 3.8) is 0 Å². The molecule has 0 radical (unpaired) electrons. The van der Waals surface area contributed by atoms with E-state index in [-0.39, 0.29) is 5.82 Å². The van der Waals surface area contributed by atoms with Crippen LogP contribution in [0.5, 0.6) is 0 Å². The number of benzene rings is 2. The number of rotatable bonds is 8. The molecule has 0 spiro atoms. The smallest absolute Gasteiger partial charge is 0.223 e. The molecule has 0 amide bonds. The monoisotopic (exact) mass is 485 g/mol. The van der Waals surface area contributed by atoms with Crippen molar-refractivity contribution < 1.29 is 4.39 Å². The molecule has 1 aliphatic carbocycles. The fraction of sp³-hybridized carbons (Fsp3) is 0.321. The summed E-state index contributed by atoms with van der Waals surface area (Å²) in [5.74, 6) is 3.50. The molecule has 2 aromatic heterocycles. The van der Waals surface area contributed by atoms with Gasteiger partial charge in [0.15, 0.2) is 0 Å². The largest absolute Gasteiger partial charge is 0.351 e. The Morgan fingerprint density at radius 2 is 1.80 bits per heavy atom. The lowest BCUT2D eigenvalue weighted by Crippen LogP contribution is -2.28. The third-order valence-corrected chi connectivity index (χ3v) is 8.08. The highest BCUT2D eigenvalue weighted by molar-refractivity contribution is 7.98. The number of hydrogen-bond acceptors (Lipinski definition) is 5. The summed E-state index contributed by atoms with van der Waals surface area (Å²) in [6, 6.07) is 20.0. The first kappa shape index (κ1) is 22.3. The normalized spacial score (nSPS) is 17.2. The van der Waals surface area contributed by atoms with E-state index in [1.165, 1.54) is 24.1 Å². The number of imidazole rings is 1. The van der Waals surface area contributed by atoms with Crippen molar-refractivity contribution in [2.45, 2.75) is 49.9 Å². The van der Waals surface area contributed by atoms with Gasteiger partial charge in [0.05, 0.1) is 17.1 Å². The number of nitrogens with one attached hydrogen (secondary N) is 1. The van der Waals surface area contributed by atoms with Gasteiger partial charge in [0.25, 0.3) is 0 Å². The molecule has 1 unspecified atom stereocenters. The van der Waals surface area contributed by atoms with Crippen LogP contribution in [0.2, 0.25) is 0 Å². The Hall–Kier alpha value is -3.19. The van der Waals surface area contributed by atoms with E-state index in [1.807, 2.05) is 36.2 Å². The summed E-state index contributed by atoms with van der Waals surface area (Å²) < 4.78 is 16.1. The molecule has 6 rings (SSSR count). The summed E-state index contributed by atoms with van der Waals surface area (Å²) in [6.45, 7) is 0. The average molecular weight is 486 g/mol. The van der Waals surface area contributed by atoms with E-state index in [1.54, 1.807) is 0 Å². The van der Waals surface area contributed by atoms with Crippen LogP contribution in [-0.4, -0.2) is 31.3 Å². The third-order valence-electron chi connectivity index (χ3n) is 6.93. The summed E-state index contributed by atoms with van der Waals surface area (Å²) >= 11 is 1.96. The van der Waals surface area contributed by atoms with Crippen LogP contribution >= 0.6 is 11.8 Å². The van der Waals surface area contributed by atoms with Gasteiger partial charge in [0.2, 0.25) is 5.95 Å². The number of anilines is 1. The van der Waals surface area contributed by atoms with Gasteiger partial charge in [-0.25, -0.2) is 19.3 Å². The van der Waals surface area contributed by atoms with Crippen LogP contribution in [-0.2, 0) is 12.2 Å². The minimum atomic E-state index is -0.244. The number of thioether (sulfide) groups is 1. The van der Waals surface area contributed by atoms with Crippen molar-refractivity contribution in [2.24, 2.45) is 0 Å². The lowest BCUT2D eigenvalue weighted by atomic mass is 9.93. The molecule has 0 saturated heterocycles. The molecular formula is C28H28FN5S. The Labute approximate surface area is 209 Å². The Morgan fingerprint density at radius 3 is 2.57 bits per heavy atom. The maximum atomic E-state index is 13.7. The summed E-state index contributed by atoms with van der Waals surface area (Å²) in [7, 11) is 0. The second-order valence-corrected chi connectivity index (χ2v) is 10.4. The minimum absolute atomic E-state index is 0.244. The number of nitrogens with zero attached hydrogens (tertiary/aromatic N) is 4. The van der Waals surface area contributed by atoms with Crippen LogP contribution in [0.1, 0.15) is 43.1 Å². The SMILES string of the molecule is Fc1ccc(-c2nc3n(c2-c2ccnc(NC4CCC4)n2)C(CSCc2ccccc2)CC3)cc1. The third kappa shape index (κ3) is 4.69. The quantitative estimate of drug-likeness (QED) is 0.307. The Bertz CT molecular complexity index is 1300. The van der Waals surface area contributed by atoms with Gasteiger partial charge >= 0.3 is 0 Å². The molecule has 3 heterocycles. The van der Waals surface area contributed by atoms with Gasteiger partial charge in [0, 0.05) is 41.8 Å². The van der Waals surface area contributed by atoms with Crippen molar-refractivity contribution in [1.29, 1.82) is 0 Å². The molecule has 7 heteroatoms. The van der Waals surface area contributed by atoms with Gasteiger partial charge < -0.3 is 9.88 Å². The standard InChI is InChI=1S/C28H28FN5S/c29-21-11-9-20(10-12-21)26-27(24-15-16-30-28(32-24)31-22-7-4-8-22)34-23(13-14-25(34)33-26)18-35-17-19-5-2-1-3-6-19/h1-3,5-6,9-12,15-16,22-23H,4,7-8,13-14,17-18H2,(H,30,31,32). The summed E-state index contributed by atoms with van der Waals surface area (Å²) in [4.78, 5) is 14.4. The maximum absolute atomic E-state index is 13.7. The average Bonchev–Trinajstić information content (AvgIpc) is 3.43. The topological polar surface area (TPSA) is 55.6 Å². The summed E-state index contributed by atoms with van der Waals surface area (Å²) in [6.07, 6.45) is 7.41. The second kappa shape index (κ2) is 9.82. The molecular weight excluding hydrogens is 457 g/mol.